The van der Waals surface area contributed by atoms with Gasteiger partial charge in [0.05, 0.1) is 18.8 Å². The monoisotopic (exact) mass is 285 g/mol. The highest BCUT2D eigenvalue weighted by Gasteiger charge is 2.32. The number of aliphatic carboxylic acids is 1. The summed E-state index contributed by atoms with van der Waals surface area (Å²) in [4.78, 5) is 24.6. The van der Waals surface area contributed by atoms with Gasteiger partial charge in [-0.25, -0.2) is 0 Å². The number of morpholine rings is 1. The third-order valence-electron chi connectivity index (χ3n) is 3.97. The van der Waals surface area contributed by atoms with Gasteiger partial charge < -0.3 is 20.9 Å². The molecule has 3 atom stereocenters. The Hall–Kier alpha value is -1.18. The van der Waals surface area contributed by atoms with Crippen molar-refractivity contribution in [3.63, 3.8) is 0 Å². The first-order chi connectivity index (χ1) is 9.56. The van der Waals surface area contributed by atoms with Crippen LogP contribution in [0.5, 0.6) is 0 Å². The first kappa shape index (κ1) is 15.2. The first-order valence-electron chi connectivity index (χ1n) is 7.17. The highest BCUT2D eigenvalue weighted by Crippen LogP contribution is 2.22. The summed E-state index contributed by atoms with van der Waals surface area (Å²) >= 11 is 0. The van der Waals surface area contributed by atoms with Crippen LogP contribution in [-0.4, -0.2) is 66.3 Å². The molecule has 2 heterocycles. The topological polar surface area (TPSA) is 105 Å². The van der Waals surface area contributed by atoms with Crippen molar-refractivity contribution in [1.29, 1.82) is 0 Å². The molecule has 2 aliphatic heterocycles. The predicted octanol–water partition coefficient (Wildman–Crippen LogP) is -0.842. The standard InChI is InChI=1S/C13H23N3O4/c14-11(3-4-12(17)18)13(19)15-6-10-7-16-5-1-2-9(16)8-20-10/h9-11H,1-8,14H2,(H,15,19)(H,17,18). The molecule has 2 saturated heterocycles. The van der Waals surface area contributed by atoms with Crippen LogP contribution >= 0.6 is 0 Å². The predicted molar refractivity (Wildman–Crippen MR) is 72.2 cm³/mol. The molecule has 0 bridgehead atoms. The minimum absolute atomic E-state index is 0.0000243. The number of carbonyl (C=O) groups is 2. The fraction of sp³-hybridized carbons (Fsp3) is 0.846. The van der Waals surface area contributed by atoms with Crippen LogP contribution in [0, 0.1) is 0 Å². The van der Waals surface area contributed by atoms with Gasteiger partial charge in [-0.05, 0) is 25.8 Å². The number of ether oxygens (including phenoxy) is 1. The van der Waals surface area contributed by atoms with Gasteiger partial charge in [-0.3, -0.25) is 14.5 Å². The Morgan fingerprint density at radius 2 is 2.30 bits per heavy atom. The molecule has 1 amide bonds. The highest BCUT2D eigenvalue weighted by atomic mass is 16.5. The molecule has 7 nitrogen and oxygen atoms in total. The zero-order valence-corrected chi connectivity index (χ0v) is 11.6. The molecule has 0 radical (unpaired) electrons. The number of nitrogens with zero attached hydrogens (tertiary/aromatic N) is 1. The highest BCUT2D eigenvalue weighted by molar-refractivity contribution is 5.82. The zero-order chi connectivity index (χ0) is 14.5. The maximum absolute atomic E-state index is 11.7. The van der Waals surface area contributed by atoms with E-state index in [1.807, 2.05) is 0 Å². The van der Waals surface area contributed by atoms with Crippen LogP contribution in [0.2, 0.25) is 0 Å². The molecule has 0 aliphatic carbocycles. The van der Waals surface area contributed by atoms with Gasteiger partial charge in [-0.2, -0.15) is 0 Å². The van der Waals surface area contributed by atoms with Gasteiger partial charge in [-0.1, -0.05) is 0 Å². The van der Waals surface area contributed by atoms with E-state index >= 15 is 0 Å². The van der Waals surface area contributed by atoms with Gasteiger partial charge in [0.15, 0.2) is 0 Å². The Labute approximate surface area is 118 Å². The summed E-state index contributed by atoms with van der Waals surface area (Å²) in [6, 6.07) is -0.228. The first-order valence-corrected chi connectivity index (χ1v) is 7.17. The van der Waals surface area contributed by atoms with Crippen molar-refractivity contribution in [3.05, 3.63) is 0 Å². The van der Waals surface area contributed by atoms with Crippen LogP contribution in [0.4, 0.5) is 0 Å². The molecule has 0 aromatic rings. The fourth-order valence-electron chi connectivity index (χ4n) is 2.76. The molecule has 0 spiro atoms. The number of nitrogens with one attached hydrogen (secondary N) is 1. The maximum atomic E-state index is 11.7. The number of hydrogen-bond acceptors (Lipinski definition) is 5. The summed E-state index contributed by atoms with van der Waals surface area (Å²) in [7, 11) is 0. The van der Waals surface area contributed by atoms with E-state index in [0.717, 1.165) is 19.7 Å². The summed E-state index contributed by atoms with van der Waals surface area (Å²) < 4.78 is 5.73. The van der Waals surface area contributed by atoms with Crippen molar-refractivity contribution < 1.29 is 19.4 Å². The van der Waals surface area contributed by atoms with Gasteiger partial charge >= 0.3 is 5.97 Å². The van der Waals surface area contributed by atoms with E-state index in [1.165, 1.54) is 12.8 Å². The van der Waals surface area contributed by atoms with E-state index in [2.05, 4.69) is 10.2 Å². The Bertz CT molecular complexity index is 364. The zero-order valence-electron chi connectivity index (χ0n) is 11.6. The molecule has 2 rings (SSSR count). The van der Waals surface area contributed by atoms with E-state index in [9.17, 15) is 9.59 Å². The van der Waals surface area contributed by atoms with E-state index < -0.39 is 12.0 Å². The number of carbonyl (C=O) groups excluding carboxylic acids is 1. The second-order valence-corrected chi connectivity index (χ2v) is 5.53. The van der Waals surface area contributed by atoms with Gasteiger partial charge in [0.2, 0.25) is 5.91 Å². The normalized spacial score (nSPS) is 27.9. The van der Waals surface area contributed by atoms with E-state index in [4.69, 9.17) is 15.6 Å². The van der Waals surface area contributed by atoms with Crippen LogP contribution in [0.3, 0.4) is 0 Å². The van der Waals surface area contributed by atoms with Crippen molar-refractivity contribution in [2.24, 2.45) is 5.73 Å². The van der Waals surface area contributed by atoms with Crippen molar-refractivity contribution in [2.45, 2.75) is 43.9 Å². The Kier molecular flexibility index (Phi) is 5.33. The lowest BCUT2D eigenvalue weighted by atomic mass is 10.1. The summed E-state index contributed by atoms with van der Waals surface area (Å²) in [6.07, 6.45) is 2.47. The molecule has 20 heavy (non-hydrogen) atoms. The molecule has 114 valence electrons. The van der Waals surface area contributed by atoms with E-state index in [1.54, 1.807) is 0 Å². The van der Waals surface area contributed by atoms with Gasteiger partial charge in [0, 0.05) is 25.6 Å². The third kappa shape index (κ3) is 4.16. The summed E-state index contributed by atoms with van der Waals surface area (Å²) in [5.41, 5.74) is 5.64. The molecular weight excluding hydrogens is 262 g/mol. The quantitative estimate of drug-likeness (QED) is 0.587. The lowest BCUT2D eigenvalue weighted by Crippen LogP contribution is -2.51. The summed E-state index contributed by atoms with van der Waals surface area (Å²) in [5.74, 6) is -1.25. The second-order valence-electron chi connectivity index (χ2n) is 5.53. The molecule has 0 aromatic carbocycles. The molecule has 0 aromatic heterocycles. The van der Waals surface area contributed by atoms with Crippen LogP contribution in [0.15, 0.2) is 0 Å². The van der Waals surface area contributed by atoms with Gasteiger partial charge in [-0.15, -0.1) is 0 Å². The molecule has 0 saturated carbocycles. The molecule has 2 fully saturated rings. The number of amides is 1. The van der Waals surface area contributed by atoms with Gasteiger partial charge in [0.25, 0.3) is 0 Å². The number of rotatable bonds is 6. The molecule has 4 N–H and O–H groups in total. The smallest absolute Gasteiger partial charge is 0.303 e. The molecule has 3 unspecified atom stereocenters. The van der Waals surface area contributed by atoms with Crippen LogP contribution < -0.4 is 11.1 Å². The number of fused-ring (bicyclic) bond motifs is 1. The SMILES string of the molecule is NC(CCC(=O)O)C(=O)NCC1CN2CCCC2CO1. The Balaban J connectivity index is 1.66. The van der Waals surface area contributed by atoms with Crippen LogP contribution in [0.1, 0.15) is 25.7 Å². The van der Waals surface area contributed by atoms with E-state index in [-0.39, 0.29) is 24.9 Å². The van der Waals surface area contributed by atoms with Crippen molar-refractivity contribution in [3.8, 4) is 0 Å². The number of carboxylic acids is 1. The molecule has 7 heteroatoms. The summed E-state index contributed by atoms with van der Waals surface area (Å²) in [5, 5.41) is 11.3. The van der Waals surface area contributed by atoms with Crippen molar-refractivity contribution >= 4 is 11.9 Å². The molecular formula is C13H23N3O4. The minimum Gasteiger partial charge on any atom is -0.481 e. The Morgan fingerprint density at radius 3 is 3.05 bits per heavy atom. The van der Waals surface area contributed by atoms with Gasteiger partial charge in [0.1, 0.15) is 0 Å². The minimum atomic E-state index is -0.941. The second kappa shape index (κ2) is 7.01. The largest absolute Gasteiger partial charge is 0.481 e. The van der Waals surface area contributed by atoms with Crippen molar-refractivity contribution in [2.75, 3.05) is 26.2 Å². The lowest BCUT2D eigenvalue weighted by Gasteiger charge is -2.35. The number of carboxylic acid groups (broad SMARTS) is 1. The third-order valence-corrected chi connectivity index (χ3v) is 3.97. The molecule has 2 aliphatic rings. The van der Waals surface area contributed by atoms with Crippen LogP contribution in [0.25, 0.3) is 0 Å². The fourth-order valence-corrected chi connectivity index (χ4v) is 2.76. The average Bonchev–Trinajstić information content (AvgIpc) is 2.89. The van der Waals surface area contributed by atoms with E-state index in [0.29, 0.717) is 12.6 Å². The van der Waals surface area contributed by atoms with Crippen molar-refractivity contribution in [1.82, 2.24) is 10.2 Å². The van der Waals surface area contributed by atoms with Crippen LogP contribution in [-0.2, 0) is 14.3 Å². The Morgan fingerprint density at radius 1 is 1.50 bits per heavy atom. The average molecular weight is 285 g/mol. The number of hydrogen-bond donors (Lipinski definition) is 3. The number of nitrogens with two attached hydrogens (primary N) is 1. The lowest BCUT2D eigenvalue weighted by molar-refractivity contribution is -0.137. The maximum Gasteiger partial charge on any atom is 0.303 e. The summed E-state index contributed by atoms with van der Waals surface area (Å²) in [6.45, 7) is 3.11.